The zero-order valence-corrected chi connectivity index (χ0v) is 18.6. The zero-order chi connectivity index (χ0) is 23.7. The molecular weight excluding hydrogens is 437 g/mol. The minimum atomic E-state index is -0.530. The topological polar surface area (TPSA) is 111 Å². The van der Waals surface area contributed by atoms with Gasteiger partial charge in [-0.2, -0.15) is 9.78 Å². The maximum atomic E-state index is 13.9. The number of amides is 1. The van der Waals surface area contributed by atoms with E-state index in [1.807, 2.05) is 30.3 Å². The van der Waals surface area contributed by atoms with Crippen LogP contribution in [-0.2, 0) is 24.2 Å². The number of carbonyl (C=O) groups is 2. The predicted molar refractivity (Wildman–Crippen MR) is 125 cm³/mol. The number of fused-ring (bicyclic) bond motifs is 2. The van der Waals surface area contributed by atoms with Crippen molar-refractivity contribution in [1.82, 2.24) is 15.1 Å². The average Bonchev–Trinajstić information content (AvgIpc) is 3.18. The first-order chi connectivity index (χ1) is 16.5. The summed E-state index contributed by atoms with van der Waals surface area (Å²) in [7, 11) is 0. The second-order valence-corrected chi connectivity index (χ2v) is 8.71. The molecule has 1 aromatic heterocycles. The third kappa shape index (κ3) is 4.33. The Balaban J connectivity index is 1.27. The number of hydrogen-bond acceptors (Lipinski definition) is 6. The Morgan fingerprint density at radius 2 is 2.03 bits per heavy atom. The summed E-state index contributed by atoms with van der Waals surface area (Å²) in [6.07, 6.45) is 1.75. The summed E-state index contributed by atoms with van der Waals surface area (Å²) in [6, 6.07) is 13.7. The van der Waals surface area contributed by atoms with Gasteiger partial charge in [0.1, 0.15) is 18.2 Å². The number of anilines is 2. The molecule has 0 radical (unpaired) electrons. The Hall–Kier alpha value is -3.88. The van der Waals surface area contributed by atoms with E-state index < -0.39 is 12.0 Å². The molecule has 1 aliphatic heterocycles. The molecule has 9 heteroatoms. The molecule has 5 rings (SSSR count). The number of aryl methyl sites for hydroxylation is 1. The Labute approximate surface area is 196 Å². The summed E-state index contributed by atoms with van der Waals surface area (Å²) in [5.74, 6) is -0.911. The van der Waals surface area contributed by atoms with Gasteiger partial charge < -0.3 is 21.1 Å². The van der Waals surface area contributed by atoms with Gasteiger partial charge in [-0.05, 0) is 55.0 Å². The Morgan fingerprint density at radius 3 is 2.85 bits per heavy atom. The quantitative estimate of drug-likeness (QED) is 0.545. The van der Waals surface area contributed by atoms with E-state index in [4.69, 9.17) is 10.5 Å². The molecule has 1 amide bonds. The van der Waals surface area contributed by atoms with Crippen LogP contribution in [0.15, 0.2) is 48.5 Å². The highest BCUT2D eigenvalue weighted by Crippen LogP contribution is 2.35. The number of alkyl carbamates (subject to hydrolysis) is 1. The first-order valence-corrected chi connectivity index (χ1v) is 11.4. The Morgan fingerprint density at radius 1 is 1.21 bits per heavy atom. The first-order valence-electron chi connectivity index (χ1n) is 11.4. The fourth-order valence-electron chi connectivity index (χ4n) is 4.71. The van der Waals surface area contributed by atoms with Crippen molar-refractivity contribution in [3.8, 4) is 0 Å². The van der Waals surface area contributed by atoms with E-state index in [0.717, 1.165) is 22.5 Å². The highest BCUT2D eigenvalue weighted by atomic mass is 19.1. The molecule has 8 nitrogen and oxygen atoms in total. The fourth-order valence-corrected chi connectivity index (χ4v) is 4.71. The number of nitrogens with zero attached hydrogens (tertiary/aromatic N) is 2. The van der Waals surface area contributed by atoms with Gasteiger partial charge in [-0.1, -0.05) is 30.3 Å². The Bertz CT molecular complexity index is 1230. The molecule has 0 saturated carbocycles. The van der Waals surface area contributed by atoms with Crippen LogP contribution in [0, 0.1) is 5.82 Å². The number of aromatic nitrogens is 2. The third-order valence-corrected chi connectivity index (χ3v) is 6.47. The molecule has 0 spiro atoms. The molecule has 0 bridgehead atoms. The zero-order valence-electron chi connectivity index (χ0n) is 18.6. The van der Waals surface area contributed by atoms with Gasteiger partial charge in [0.15, 0.2) is 0 Å². The molecule has 4 N–H and O–H groups in total. The number of rotatable bonds is 4. The molecule has 176 valence electrons. The van der Waals surface area contributed by atoms with Crippen molar-refractivity contribution in [2.45, 2.75) is 44.2 Å². The molecular formula is C25H26FN5O3. The Kier molecular flexibility index (Phi) is 5.91. The highest BCUT2D eigenvalue weighted by molar-refractivity contribution is 5.90. The van der Waals surface area contributed by atoms with Crippen LogP contribution in [0.2, 0.25) is 0 Å². The van der Waals surface area contributed by atoms with Gasteiger partial charge in [-0.3, -0.25) is 4.79 Å². The summed E-state index contributed by atoms with van der Waals surface area (Å²) in [5, 5.41) is 10.6. The van der Waals surface area contributed by atoms with Crippen LogP contribution in [0.5, 0.6) is 0 Å². The number of nitrogens with two attached hydrogens (primary N) is 1. The van der Waals surface area contributed by atoms with Gasteiger partial charge in [0.25, 0.3) is 5.91 Å². The van der Waals surface area contributed by atoms with E-state index in [9.17, 15) is 14.0 Å². The van der Waals surface area contributed by atoms with Gasteiger partial charge >= 0.3 is 6.09 Å². The number of halogens is 1. The van der Waals surface area contributed by atoms with Crippen LogP contribution < -0.4 is 16.4 Å². The number of nitrogens with one attached hydrogen (secondary N) is 2. The normalized spacial score (nSPS) is 18.9. The molecule has 2 heterocycles. The summed E-state index contributed by atoms with van der Waals surface area (Å²) in [6.45, 7) is 0.796. The van der Waals surface area contributed by atoms with Gasteiger partial charge in [-0.15, -0.1) is 0 Å². The van der Waals surface area contributed by atoms with E-state index in [1.165, 1.54) is 16.8 Å². The summed E-state index contributed by atoms with van der Waals surface area (Å²) < 4.78 is 20.4. The monoisotopic (exact) mass is 463 g/mol. The highest BCUT2D eigenvalue weighted by Gasteiger charge is 2.33. The SMILES string of the molecule is Nc1c2c(nn1C(=O)[C@H]1CCNc3ccc(F)cc31)CC[C@@H](NC(=O)OCc1ccccc1)C2. The average molecular weight is 464 g/mol. The van der Waals surface area contributed by atoms with Crippen LogP contribution >= 0.6 is 0 Å². The second-order valence-electron chi connectivity index (χ2n) is 8.71. The largest absolute Gasteiger partial charge is 0.445 e. The van der Waals surface area contributed by atoms with Crippen molar-refractivity contribution in [2.24, 2.45) is 0 Å². The molecule has 0 saturated heterocycles. The van der Waals surface area contributed by atoms with Crippen molar-refractivity contribution >= 4 is 23.5 Å². The minimum Gasteiger partial charge on any atom is -0.445 e. The van der Waals surface area contributed by atoms with Gasteiger partial charge in [0, 0.05) is 23.8 Å². The molecule has 3 aromatic rings. The third-order valence-electron chi connectivity index (χ3n) is 6.47. The van der Waals surface area contributed by atoms with Crippen LogP contribution in [0.25, 0.3) is 0 Å². The fraction of sp³-hybridized carbons (Fsp3) is 0.320. The van der Waals surface area contributed by atoms with Crippen molar-refractivity contribution in [3.05, 3.63) is 76.7 Å². The maximum absolute atomic E-state index is 13.9. The molecule has 34 heavy (non-hydrogen) atoms. The first kappa shape index (κ1) is 21.9. The number of nitrogen functional groups attached to an aromatic ring is 1. The lowest BCUT2D eigenvalue weighted by molar-refractivity contribution is 0.0859. The van der Waals surface area contributed by atoms with Crippen LogP contribution in [0.4, 0.5) is 20.7 Å². The number of benzene rings is 2. The summed E-state index contributed by atoms with van der Waals surface area (Å²) in [5.41, 5.74) is 10.2. The van der Waals surface area contributed by atoms with Crippen LogP contribution in [0.1, 0.15) is 45.9 Å². The lowest BCUT2D eigenvalue weighted by Gasteiger charge is -2.25. The molecule has 1 aliphatic carbocycles. The number of carbonyl (C=O) groups excluding carboxylic acids is 2. The van der Waals surface area contributed by atoms with E-state index in [0.29, 0.717) is 37.8 Å². The smallest absolute Gasteiger partial charge is 0.407 e. The van der Waals surface area contributed by atoms with Crippen LogP contribution in [0.3, 0.4) is 0 Å². The number of ether oxygens (including phenoxy) is 1. The van der Waals surface area contributed by atoms with Crippen molar-refractivity contribution < 1.29 is 18.7 Å². The lowest BCUT2D eigenvalue weighted by atomic mass is 9.90. The van der Waals surface area contributed by atoms with Crippen molar-refractivity contribution in [3.63, 3.8) is 0 Å². The molecule has 0 unspecified atom stereocenters. The molecule has 2 atom stereocenters. The van der Waals surface area contributed by atoms with E-state index in [2.05, 4.69) is 15.7 Å². The lowest BCUT2D eigenvalue weighted by Crippen LogP contribution is -2.39. The standard InChI is InChI=1S/C25H26FN5O3/c26-16-6-8-21-19(12-16)18(10-11-28-21)24(32)31-23(27)20-13-17(7-9-22(20)30-31)29-25(33)34-14-15-4-2-1-3-5-15/h1-6,8,12,17-18,28H,7,9-11,13-14,27H2,(H,29,33)/t17-,18+/m1/s1. The van der Waals surface area contributed by atoms with Crippen molar-refractivity contribution in [2.75, 3.05) is 17.6 Å². The molecule has 2 aliphatic rings. The molecule has 2 aromatic carbocycles. The summed E-state index contributed by atoms with van der Waals surface area (Å²) in [4.78, 5) is 25.6. The van der Waals surface area contributed by atoms with E-state index >= 15 is 0 Å². The van der Waals surface area contributed by atoms with Gasteiger partial charge in [-0.25, -0.2) is 9.18 Å². The predicted octanol–water partition coefficient (Wildman–Crippen LogP) is 3.63. The molecule has 0 fully saturated rings. The van der Waals surface area contributed by atoms with Gasteiger partial charge in [0.2, 0.25) is 0 Å². The van der Waals surface area contributed by atoms with E-state index in [1.54, 1.807) is 6.07 Å². The van der Waals surface area contributed by atoms with Crippen LogP contribution in [-0.4, -0.2) is 34.4 Å². The maximum Gasteiger partial charge on any atom is 0.407 e. The summed E-state index contributed by atoms with van der Waals surface area (Å²) >= 11 is 0. The minimum absolute atomic E-state index is 0.167. The number of hydrogen-bond donors (Lipinski definition) is 3. The van der Waals surface area contributed by atoms with Gasteiger partial charge in [0.05, 0.1) is 11.6 Å². The van der Waals surface area contributed by atoms with Crippen molar-refractivity contribution in [1.29, 1.82) is 0 Å². The second kappa shape index (κ2) is 9.17. The van der Waals surface area contributed by atoms with E-state index in [-0.39, 0.29) is 30.2 Å².